The molecular formula is C111H122Cl5F6N17O8Si2. The van der Waals surface area contributed by atoms with Gasteiger partial charge in [0.25, 0.3) is 0 Å². The van der Waals surface area contributed by atoms with Crippen molar-refractivity contribution in [1.82, 2.24) is 78.2 Å². The van der Waals surface area contributed by atoms with Gasteiger partial charge in [0.1, 0.15) is 60.1 Å². The Hall–Kier alpha value is -13.4. The van der Waals surface area contributed by atoms with E-state index in [0.717, 1.165) is 126 Å². The second kappa shape index (κ2) is 53.7. The number of hydrogen-bond acceptors (Lipinski definition) is 20. The molecule has 25 nitrogen and oxygen atoms in total. The Morgan fingerprint density at radius 1 is 0.376 bits per heavy atom. The van der Waals surface area contributed by atoms with Crippen molar-refractivity contribution in [1.29, 1.82) is 0 Å². The summed E-state index contributed by atoms with van der Waals surface area (Å²) in [6.07, 6.45) is 13.9. The maximum Gasteiger partial charge on any atom is 0.416 e. The predicted molar refractivity (Wildman–Crippen MR) is 586 cm³/mol. The molecule has 6 N–H and O–H groups in total. The minimum Gasteiger partial charge on any atom is -0.481 e. The van der Waals surface area contributed by atoms with Crippen LogP contribution in [0.3, 0.4) is 0 Å². The first-order chi connectivity index (χ1) is 71.2. The van der Waals surface area contributed by atoms with E-state index in [1.54, 1.807) is 95.7 Å². The first-order valence-electron chi connectivity index (χ1n) is 48.0. The van der Waals surface area contributed by atoms with Gasteiger partial charge in [-0.2, -0.15) is 26.3 Å². The fourth-order valence-electron chi connectivity index (χ4n) is 19.2. The van der Waals surface area contributed by atoms with E-state index in [1.165, 1.54) is 61.1 Å². The van der Waals surface area contributed by atoms with Gasteiger partial charge in [-0.3, -0.25) is 4.79 Å². The van der Waals surface area contributed by atoms with Gasteiger partial charge in [-0.1, -0.05) is 190 Å². The molecule has 0 aliphatic carbocycles. The standard InChI is InChI=1S/C32H40F3N3OSi.C23H32ClN3OSi.C14H12ClN3O2.C14H12ClN3O.C8H8F3N.C7H6ClNO2.C7H6N2.C6H6ClNO/c1-21(2)40(22(3)4,23(5)6)38-20-26(29-9-8-18-36-30(29)38)19-25-13-17-28(37-31(25)39-7)16-12-24-10-14-27(15-11-24)32(33,34)35;1-15(2)29(16(3)4,17(5)6)27-14-19(20-9-8-12-25-22(20)27)13-18-10-11-21(24)26-23(18)28-7;1-20-14-9(4-5-11(15)18-14)12(19)10-7-17-13-8(10)3-2-6-16-13;1-19-14-9(4-5-12(15)18-14)7-10-8-17-13-11(10)3-2-6-16-13;9-8(10,11)7-3-1-6(5-12)2-4-7;1-11-7-5(4-10)2-3-6(8)9-7;1-2-6-3-5-9-7(6)8-4-1;1-9-6-4-2-3-5(7)8-6/h8-11,13-15,17-18,20-23H,12,16,19H2,1-7H3;8-12,14-17H,13H2,1-7H3;2-7,12,19H,1H3,(H,16,17);2-6,8H,7H2,1H3,(H,16,17);1-4H,5,12H2;2-4H,1H3;1-5H,(H,8,9);2-4H,1H3. The van der Waals surface area contributed by atoms with E-state index in [2.05, 4.69) is 177 Å². The molecule has 1 unspecified atom stereocenters. The van der Waals surface area contributed by atoms with Gasteiger partial charge in [0, 0.05) is 154 Å². The highest BCUT2D eigenvalue weighted by molar-refractivity contribution is 6.83. The van der Waals surface area contributed by atoms with Crippen molar-refractivity contribution in [2.45, 2.75) is 173 Å². The largest absolute Gasteiger partial charge is 0.481 e. The van der Waals surface area contributed by atoms with Crippen LogP contribution in [0.1, 0.15) is 172 Å². The molecule has 0 saturated carbocycles. The van der Waals surface area contributed by atoms with Crippen molar-refractivity contribution in [2.75, 3.05) is 42.7 Å². The first kappa shape index (κ1) is 116. The van der Waals surface area contributed by atoms with Crippen LogP contribution in [0.2, 0.25) is 59.0 Å². The van der Waals surface area contributed by atoms with E-state index in [0.29, 0.717) is 131 Å². The summed E-state index contributed by atoms with van der Waals surface area (Å²) >= 11 is 28.8. The molecule has 2 aromatic carbocycles. The SMILES string of the molecule is COc1cccc(Cl)n1.COc1nc(CCc2ccc(C(F)(F)F)cc2)ccc1Cc1cn([Si](C(C)C)(C(C)C)C(C)C)c2ncccc12.COc1nc(Cl)ccc1C(O)c1c[nH]c2ncccc12.COc1nc(Cl)ccc1C=O.COc1nc(Cl)ccc1Cc1c[nH]c2ncccc12.COc1nc(Cl)ccc1Cc1cn([Si](C(C)C)(C(C)C)C(C)C)c2ncccc12.NCc1ccc(C(F)(F)F)cc1.c1cnc2[nH]ccc2c1. The third kappa shape index (κ3) is 29.0. The average Bonchev–Trinajstić information content (AvgIpc) is 1.60. The number of nitrogens with two attached hydrogens (primary N) is 1. The Balaban J connectivity index is 0.000000171. The molecule has 0 fully saturated rings. The summed E-state index contributed by atoms with van der Waals surface area (Å²) in [5, 5.41) is 18.0. The third-order valence-electron chi connectivity index (χ3n) is 25.7. The number of aliphatic hydroxyl groups excluding tert-OH is 1. The number of halogens is 11. The molecule has 1 atom stereocenters. The van der Waals surface area contributed by atoms with Gasteiger partial charge < -0.3 is 62.7 Å². The number of H-pyrrole nitrogens is 3. The molecule has 16 aromatic heterocycles. The van der Waals surface area contributed by atoms with Crippen LogP contribution >= 0.6 is 58.0 Å². The number of methoxy groups -OCH3 is 6. The Labute approximate surface area is 889 Å². The molecule has 149 heavy (non-hydrogen) atoms. The fourth-order valence-corrected chi connectivity index (χ4v) is 33.1. The number of nitrogens with zero attached hydrogens (tertiary/aromatic N) is 13. The normalized spacial score (nSPS) is 11.7. The lowest BCUT2D eigenvalue weighted by Gasteiger charge is -2.44. The second-order valence-corrected chi connectivity index (χ2v) is 49.8. The van der Waals surface area contributed by atoms with Gasteiger partial charge >= 0.3 is 12.4 Å². The van der Waals surface area contributed by atoms with Crippen LogP contribution < -0.4 is 34.2 Å². The van der Waals surface area contributed by atoms with E-state index in [4.69, 9.17) is 107 Å². The number of carbonyl (C=O) groups excluding carboxylic acids is 1. The molecule has 784 valence electrons. The van der Waals surface area contributed by atoms with Crippen molar-refractivity contribution < 1.29 is 64.7 Å². The highest BCUT2D eigenvalue weighted by Gasteiger charge is 2.48. The summed E-state index contributed by atoms with van der Waals surface area (Å²) in [4.78, 5) is 66.7. The van der Waals surface area contributed by atoms with Crippen molar-refractivity contribution in [2.24, 2.45) is 5.73 Å². The van der Waals surface area contributed by atoms with E-state index in [1.807, 2.05) is 104 Å². The van der Waals surface area contributed by atoms with Crippen molar-refractivity contribution >= 4 is 136 Å². The number of rotatable bonds is 27. The van der Waals surface area contributed by atoms with Gasteiger partial charge in [-0.05, 0) is 213 Å². The summed E-state index contributed by atoms with van der Waals surface area (Å²) < 4.78 is 111. The zero-order valence-corrected chi connectivity index (χ0v) is 91.7. The smallest absolute Gasteiger partial charge is 0.416 e. The molecule has 0 bridgehead atoms. The number of aldehydes is 1. The number of benzene rings is 2. The van der Waals surface area contributed by atoms with Crippen LogP contribution in [0, 0.1) is 0 Å². The second-order valence-electron chi connectivity index (χ2n) is 36.5. The molecule has 0 aliphatic heterocycles. The van der Waals surface area contributed by atoms with Crippen molar-refractivity contribution in [3.8, 4) is 35.3 Å². The number of nitrogens with one attached hydrogen (secondary N) is 3. The molecule has 0 amide bonds. The van der Waals surface area contributed by atoms with Gasteiger partial charge in [-0.25, -0.2) is 54.8 Å². The van der Waals surface area contributed by atoms with E-state index in [9.17, 15) is 36.2 Å². The number of hydrogen-bond donors (Lipinski definition) is 5. The predicted octanol–water partition coefficient (Wildman–Crippen LogP) is 28.5. The van der Waals surface area contributed by atoms with E-state index in [-0.39, 0.29) is 12.4 Å². The number of aromatic nitrogens is 16. The maximum atomic E-state index is 12.9. The minimum atomic E-state index is -4.33. The summed E-state index contributed by atoms with van der Waals surface area (Å²) in [5.74, 6) is 2.83. The van der Waals surface area contributed by atoms with Crippen LogP contribution in [-0.2, 0) is 51.0 Å². The number of aromatic amines is 3. The number of fused-ring (bicyclic) bond motifs is 5. The lowest BCUT2D eigenvalue weighted by molar-refractivity contribution is -0.138. The molecular weight excluding hydrogens is 2050 g/mol. The molecule has 0 saturated heterocycles. The first-order valence-corrected chi connectivity index (χ1v) is 54.2. The number of alkyl halides is 6. The van der Waals surface area contributed by atoms with E-state index >= 15 is 0 Å². The van der Waals surface area contributed by atoms with Crippen LogP contribution in [-0.4, -0.2) is 149 Å². The zero-order chi connectivity index (χ0) is 108. The lowest BCUT2D eigenvalue weighted by atomic mass is 10.0. The van der Waals surface area contributed by atoms with Gasteiger partial charge in [-0.15, -0.1) is 0 Å². The van der Waals surface area contributed by atoms with Crippen molar-refractivity contribution in [3.05, 3.63) is 360 Å². The molecule has 18 rings (SSSR count). The number of carbonyl (C=O) groups is 1. The number of pyridine rings is 11. The summed E-state index contributed by atoms with van der Waals surface area (Å²) in [7, 11) is 5.43. The highest BCUT2D eigenvalue weighted by Crippen LogP contribution is 2.48. The number of aryl methyl sites for hydroxylation is 2. The molecule has 38 heteroatoms. The van der Waals surface area contributed by atoms with Crippen LogP contribution in [0.4, 0.5) is 26.3 Å². The van der Waals surface area contributed by atoms with Crippen LogP contribution in [0.5, 0.6) is 35.3 Å². The lowest BCUT2D eigenvalue weighted by Crippen LogP contribution is -2.51. The average molecular weight is 2170 g/mol. The van der Waals surface area contributed by atoms with Crippen LogP contribution in [0.25, 0.3) is 55.2 Å². The molecule has 16 heterocycles. The van der Waals surface area contributed by atoms with E-state index < -0.39 is 46.1 Å². The maximum absolute atomic E-state index is 12.9. The molecule has 0 aliphatic rings. The van der Waals surface area contributed by atoms with Crippen LogP contribution in [0.15, 0.2) is 256 Å². The summed E-state index contributed by atoms with van der Waals surface area (Å²) in [6.45, 7) is 28.7. The fraction of sp³-hybridized carbons (Fsp3) is 0.297. The van der Waals surface area contributed by atoms with Gasteiger partial charge in [0.2, 0.25) is 35.3 Å². The monoisotopic (exact) mass is 2170 g/mol. The Kier molecular flexibility index (Phi) is 41.8. The third-order valence-corrected chi connectivity index (χ3v) is 40.2. The quantitative estimate of drug-likeness (QED) is 0.0138. The van der Waals surface area contributed by atoms with Crippen molar-refractivity contribution in [3.63, 3.8) is 0 Å². The Bertz CT molecular complexity index is 7330. The number of aliphatic hydroxyl groups is 1. The highest BCUT2D eigenvalue weighted by atomic mass is 35.5. The summed E-state index contributed by atoms with van der Waals surface area (Å²) in [5.41, 5.74) is 22.8. The molecule has 0 radical (unpaired) electrons. The zero-order valence-electron chi connectivity index (χ0n) is 86.0. The Morgan fingerprint density at radius 3 is 1.23 bits per heavy atom. The minimum absolute atomic E-state index is 0.257. The van der Waals surface area contributed by atoms with Gasteiger partial charge in [0.05, 0.1) is 59.3 Å². The summed E-state index contributed by atoms with van der Waals surface area (Å²) in [6, 6.07) is 55.4. The molecule has 0 spiro atoms. The van der Waals surface area contributed by atoms with Gasteiger partial charge in [0.15, 0.2) is 22.8 Å². The molecule has 18 aromatic rings. The Morgan fingerprint density at radius 2 is 0.779 bits per heavy atom. The topological polar surface area (TPSA) is 318 Å². The number of ether oxygens (including phenoxy) is 6.